The Balaban J connectivity index is 1.60. The highest BCUT2D eigenvalue weighted by Crippen LogP contribution is 2.31. The van der Waals surface area contributed by atoms with Crippen LogP contribution in [0.1, 0.15) is 26.5 Å². The summed E-state index contributed by atoms with van der Waals surface area (Å²) < 4.78 is 6.88. The predicted octanol–water partition coefficient (Wildman–Crippen LogP) is 4.63. The summed E-state index contributed by atoms with van der Waals surface area (Å²) in [5, 5.41) is 5.02. The van der Waals surface area contributed by atoms with Gasteiger partial charge in [0.15, 0.2) is 4.34 Å². The Kier molecular flexibility index (Phi) is 5.36. The van der Waals surface area contributed by atoms with Gasteiger partial charge >= 0.3 is 6.03 Å². The Morgan fingerprint density at radius 2 is 2.12 bits per heavy atom. The number of aryl methyl sites for hydroxylation is 1. The van der Waals surface area contributed by atoms with Crippen molar-refractivity contribution in [1.82, 2.24) is 9.88 Å². The van der Waals surface area contributed by atoms with Crippen molar-refractivity contribution in [3.05, 3.63) is 35.3 Å². The number of morpholine rings is 1. The number of benzene rings is 1. The van der Waals surface area contributed by atoms with Crippen LogP contribution >= 0.6 is 23.1 Å². The number of nitrogens with zero attached hydrogens (tertiary/aromatic N) is 2. The van der Waals surface area contributed by atoms with Crippen LogP contribution in [0.15, 0.2) is 38.9 Å². The number of thiazole rings is 1. The van der Waals surface area contributed by atoms with Crippen molar-refractivity contribution in [2.75, 3.05) is 18.4 Å². The average molecular weight is 378 g/mol. The molecule has 1 unspecified atom stereocenters. The molecule has 1 saturated heterocycles. The van der Waals surface area contributed by atoms with Crippen LogP contribution < -0.4 is 5.32 Å². The van der Waals surface area contributed by atoms with Gasteiger partial charge in [-0.05, 0) is 52.0 Å². The molecule has 0 saturated carbocycles. The maximum absolute atomic E-state index is 12.5. The third kappa shape index (κ3) is 4.96. The molecule has 1 aliphatic heterocycles. The van der Waals surface area contributed by atoms with Crippen LogP contribution in [0.5, 0.6) is 0 Å². The average Bonchev–Trinajstić information content (AvgIpc) is 2.92. The normalized spacial score (nSPS) is 19.7. The number of rotatable bonds is 3. The fourth-order valence-electron chi connectivity index (χ4n) is 2.90. The largest absolute Gasteiger partial charge is 0.369 e. The van der Waals surface area contributed by atoms with Crippen LogP contribution in [0.4, 0.5) is 10.5 Å². The SMILES string of the molecule is Cc1csc(Sc2ccc(NC(=O)N3CC(C)OC(C)(C)C3)cc2)n1. The van der Waals surface area contributed by atoms with Gasteiger partial charge in [-0.15, -0.1) is 11.3 Å². The number of hydrogen-bond acceptors (Lipinski definition) is 5. The van der Waals surface area contributed by atoms with Crippen LogP contribution in [0, 0.1) is 6.92 Å². The van der Waals surface area contributed by atoms with Gasteiger partial charge < -0.3 is 15.0 Å². The van der Waals surface area contributed by atoms with Crippen molar-refractivity contribution in [3.8, 4) is 0 Å². The lowest BCUT2D eigenvalue weighted by atomic mass is 10.1. The van der Waals surface area contributed by atoms with Crippen molar-refractivity contribution in [1.29, 1.82) is 0 Å². The van der Waals surface area contributed by atoms with E-state index >= 15 is 0 Å². The Hall–Kier alpha value is -1.57. The summed E-state index contributed by atoms with van der Waals surface area (Å²) in [6.45, 7) is 9.19. The third-order valence-electron chi connectivity index (χ3n) is 3.77. The van der Waals surface area contributed by atoms with Gasteiger partial charge in [0, 0.05) is 28.2 Å². The number of anilines is 1. The standard InChI is InChI=1S/C18H23N3O2S2/c1-12-10-24-17(19-12)25-15-7-5-14(6-8-15)20-16(22)21-9-13(2)23-18(3,4)11-21/h5-8,10,13H,9,11H2,1-4H3,(H,20,22). The molecule has 1 aliphatic rings. The minimum atomic E-state index is -0.318. The van der Waals surface area contributed by atoms with Crippen molar-refractivity contribution in [2.24, 2.45) is 0 Å². The van der Waals surface area contributed by atoms with E-state index in [1.165, 1.54) is 0 Å². The second kappa shape index (κ2) is 7.35. The van der Waals surface area contributed by atoms with E-state index in [2.05, 4.69) is 10.3 Å². The molecule has 2 aromatic rings. The van der Waals surface area contributed by atoms with E-state index in [-0.39, 0.29) is 17.7 Å². The summed E-state index contributed by atoms with van der Waals surface area (Å²) in [5.74, 6) is 0. The van der Waals surface area contributed by atoms with Gasteiger partial charge in [-0.25, -0.2) is 9.78 Å². The number of carbonyl (C=O) groups is 1. The number of urea groups is 1. The van der Waals surface area contributed by atoms with E-state index in [9.17, 15) is 4.79 Å². The Labute approximate surface area is 156 Å². The molecule has 2 heterocycles. The highest BCUT2D eigenvalue weighted by atomic mass is 32.2. The predicted molar refractivity (Wildman–Crippen MR) is 103 cm³/mol. The molecule has 0 aliphatic carbocycles. The first-order valence-corrected chi connectivity index (χ1v) is 9.94. The van der Waals surface area contributed by atoms with E-state index in [0.717, 1.165) is 20.6 Å². The van der Waals surface area contributed by atoms with E-state index in [1.54, 1.807) is 23.1 Å². The monoisotopic (exact) mass is 377 g/mol. The van der Waals surface area contributed by atoms with E-state index < -0.39 is 0 Å². The second-order valence-corrected chi connectivity index (χ2v) is 9.06. The summed E-state index contributed by atoms with van der Waals surface area (Å²) in [4.78, 5) is 19.9. The van der Waals surface area contributed by atoms with Gasteiger partial charge in [0.25, 0.3) is 0 Å². The molecular weight excluding hydrogens is 354 g/mol. The van der Waals surface area contributed by atoms with Crippen molar-refractivity contribution in [3.63, 3.8) is 0 Å². The fraction of sp³-hybridized carbons (Fsp3) is 0.444. The van der Waals surface area contributed by atoms with Crippen LogP contribution in [0.3, 0.4) is 0 Å². The highest BCUT2D eigenvalue weighted by molar-refractivity contribution is 8.01. The van der Waals surface area contributed by atoms with E-state index in [0.29, 0.717) is 13.1 Å². The Morgan fingerprint density at radius 3 is 2.72 bits per heavy atom. The number of carbonyl (C=O) groups excluding carboxylic acids is 1. The molecule has 0 bridgehead atoms. The number of hydrogen-bond donors (Lipinski definition) is 1. The number of aromatic nitrogens is 1. The molecule has 0 spiro atoms. The molecule has 1 atom stereocenters. The van der Waals surface area contributed by atoms with Gasteiger partial charge in [0.05, 0.1) is 18.2 Å². The smallest absolute Gasteiger partial charge is 0.322 e. The lowest BCUT2D eigenvalue weighted by Crippen LogP contribution is -2.54. The van der Waals surface area contributed by atoms with Crippen LogP contribution in [0.25, 0.3) is 0 Å². The zero-order chi connectivity index (χ0) is 18.0. The molecule has 7 heteroatoms. The zero-order valence-electron chi connectivity index (χ0n) is 14.9. The van der Waals surface area contributed by atoms with Crippen molar-refractivity contribution in [2.45, 2.75) is 48.6 Å². The number of nitrogens with one attached hydrogen (secondary N) is 1. The Morgan fingerprint density at radius 1 is 1.40 bits per heavy atom. The van der Waals surface area contributed by atoms with Gasteiger partial charge in [-0.1, -0.05) is 11.8 Å². The van der Waals surface area contributed by atoms with E-state index in [1.807, 2.05) is 62.2 Å². The summed E-state index contributed by atoms with van der Waals surface area (Å²) >= 11 is 3.27. The maximum Gasteiger partial charge on any atom is 0.322 e. The topological polar surface area (TPSA) is 54.5 Å². The first-order valence-electron chi connectivity index (χ1n) is 8.24. The minimum Gasteiger partial charge on any atom is -0.369 e. The molecular formula is C18H23N3O2S2. The highest BCUT2D eigenvalue weighted by Gasteiger charge is 2.33. The van der Waals surface area contributed by atoms with Gasteiger partial charge in [0.2, 0.25) is 0 Å². The van der Waals surface area contributed by atoms with Crippen molar-refractivity contribution < 1.29 is 9.53 Å². The van der Waals surface area contributed by atoms with Crippen LogP contribution in [-0.2, 0) is 4.74 Å². The molecule has 0 radical (unpaired) electrons. The first kappa shape index (κ1) is 18.2. The summed E-state index contributed by atoms with van der Waals surface area (Å²) in [7, 11) is 0. The molecule has 1 aromatic heterocycles. The summed E-state index contributed by atoms with van der Waals surface area (Å²) in [6.07, 6.45) is 0.0371. The van der Waals surface area contributed by atoms with Crippen LogP contribution in [-0.4, -0.2) is 40.7 Å². The van der Waals surface area contributed by atoms with Gasteiger partial charge in [-0.2, -0.15) is 0 Å². The maximum atomic E-state index is 12.5. The molecule has 1 aromatic carbocycles. The molecule has 2 amide bonds. The number of ether oxygens (including phenoxy) is 1. The molecule has 1 fully saturated rings. The molecule has 5 nitrogen and oxygen atoms in total. The number of amides is 2. The minimum absolute atomic E-state index is 0.0371. The van der Waals surface area contributed by atoms with Gasteiger partial charge in [0.1, 0.15) is 0 Å². The second-order valence-electron chi connectivity index (χ2n) is 6.88. The molecule has 3 rings (SSSR count). The van der Waals surface area contributed by atoms with Gasteiger partial charge in [-0.3, -0.25) is 0 Å². The lowest BCUT2D eigenvalue weighted by Gasteiger charge is -2.41. The lowest BCUT2D eigenvalue weighted by molar-refractivity contribution is -0.116. The summed E-state index contributed by atoms with van der Waals surface area (Å²) in [5.41, 5.74) is 1.52. The first-order chi connectivity index (χ1) is 11.8. The fourth-order valence-corrected chi connectivity index (χ4v) is 4.71. The quantitative estimate of drug-likeness (QED) is 0.847. The molecule has 134 valence electrons. The zero-order valence-corrected chi connectivity index (χ0v) is 16.5. The molecule has 25 heavy (non-hydrogen) atoms. The third-order valence-corrected chi connectivity index (χ3v) is 5.83. The van der Waals surface area contributed by atoms with E-state index in [4.69, 9.17) is 4.74 Å². The van der Waals surface area contributed by atoms with Crippen molar-refractivity contribution >= 4 is 34.8 Å². The summed E-state index contributed by atoms with van der Waals surface area (Å²) in [6, 6.07) is 7.77. The Bertz CT molecular complexity index is 743. The molecule has 1 N–H and O–H groups in total. The van der Waals surface area contributed by atoms with Crippen LogP contribution in [0.2, 0.25) is 0 Å².